The van der Waals surface area contributed by atoms with E-state index in [4.69, 9.17) is 21.2 Å². The van der Waals surface area contributed by atoms with E-state index in [1.54, 1.807) is 12.1 Å². The van der Waals surface area contributed by atoms with Crippen LogP contribution in [0.3, 0.4) is 0 Å². The van der Waals surface area contributed by atoms with E-state index in [1.165, 1.54) is 24.2 Å². The van der Waals surface area contributed by atoms with Crippen LogP contribution in [0.25, 0.3) is 0 Å². The van der Waals surface area contributed by atoms with Crippen LogP contribution in [0.5, 0.6) is 5.75 Å². The van der Waals surface area contributed by atoms with Crippen molar-refractivity contribution in [3.05, 3.63) is 50.7 Å². The van der Waals surface area contributed by atoms with Gasteiger partial charge in [0.25, 0.3) is 5.91 Å². The molecule has 1 atom stereocenters. The molecule has 2 aliphatic heterocycles. The Balaban J connectivity index is 1.29. The number of rotatable bonds is 7. The first-order chi connectivity index (χ1) is 16.1. The van der Waals surface area contributed by atoms with E-state index >= 15 is 0 Å². The summed E-state index contributed by atoms with van der Waals surface area (Å²) in [6.07, 6.45) is 5.19. The van der Waals surface area contributed by atoms with Gasteiger partial charge in [-0.15, -0.1) is 11.3 Å². The summed E-state index contributed by atoms with van der Waals surface area (Å²) in [6, 6.07) is 9.67. The highest BCUT2D eigenvalue weighted by atomic mass is 35.5. The zero-order valence-electron chi connectivity index (χ0n) is 18.6. The average molecular weight is 487 g/mol. The quantitative estimate of drug-likeness (QED) is 0.631. The Hall–Kier alpha value is -2.58. The Morgan fingerprint density at radius 2 is 2.15 bits per heavy atom. The largest absolute Gasteiger partial charge is 0.490 e. The van der Waals surface area contributed by atoms with Crippen LogP contribution in [0.15, 0.2) is 40.5 Å². The minimum absolute atomic E-state index is 0.153. The molecule has 1 amide bonds. The number of hydrogen-bond donors (Lipinski definition) is 1. The summed E-state index contributed by atoms with van der Waals surface area (Å²) >= 11 is 7.19. The Labute approximate surface area is 202 Å². The number of halogens is 1. The van der Waals surface area contributed by atoms with Crippen molar-refractivity contribution in [2.24, 2.45) is 10.1 Å². The molecule has 1 aromatic carbocycles. The third-order valence-electron chi connectivity index (χ3n) is 6.23. The van der Waals surface area contributed by atoms with Gasteiger partial charge in [0.1, 0.15) is 17.7 Å². The van der Waals surface area contributed by atoms with Crippen LogP contribution in [0, 0.1) is 0 Å². The smallest absolute Gasteiger partial charge is 0.261 e. The maximum absolute atomic E-state index is 12.3. The summed E-state index contributed by atoms with van der Waals surface area (Å²) in [4.78, 5) is 25.4. The summed E-state index contributed by atoms with van der Waals surface area (Å²) in [5.41, 5.74) is 2.85. The predicted octanol–water partition coefficient (Wildman–Crippen LogP) is 4.34. The lowest BCUT2D eigenvalue weighted by Crippen LogP contribution is -2.31. The van der Waals surface area contributed by atoms with Gasteiger partial charge in [-0.3, -0.25) is 9.79 Å². The van der Waals surface area contributed by atoms with Gasteiger partial charge in [0.15, 0.2) is 0 Å². The lowest BCUT2D eigenvalue weighted by atomic mass is 10.0. The third-order valence-corrected chi connectivity index (χ3v) is 7.46. The molecule has 0 radical (unpaired) electrons. The number of nitrogens with one attached hydrogen (secondary N) is 1. The highest BCUT2D eigenvalue weighted by molar-refractivity contribution is 7.18. The summed E-state index contributed by atoms with van der Waals surface area (Å²) in [5, 5.41) is 7.26. The molecule has 0 saturated heterocycles. The van der Waals surface area contributed by atoms with Crippen LogP contribution in [0.2, 0.25) is 4.34 Å². The number of ether oxygens (including phenoxy) is 1. The van der Waals surface area contributed by atoms with Gasteiger partial charge in [0, 0.05) is 31.1 Å². The Morgan fingerprint density at radius 1 is 1.30 bits per heavy atom. The molecule has 3 aliphatic rings. The zero-order chi connectivity index (χ0) is 22.8. The average Bonchev–Trinajstić information content (AvgIpc) is 3.61. The summed E-state index contributed by atoms with van der Waals surface area (Å²) in [7, 11) is 2.06. The molecule has 1 unspecified atom stereocenters. The number of benzene rings is 1. The van der Waals surface area contributed by atoms with E-state index in [2.05, 4.69) is 45.6 Å². The summed E-state index contributed by atoms with van der Waals surface area (Å²) in [5.74, 6) is 1.68. The number of oxime groups is 1. The number of thiophene rings is 1. The molecule has 1 N–H and O–H groups in total. The van der Waals surface area contributed by atoms with Crippen molar-refractivity contribution in [1.29, 1.82) is 0 Å². The molecule has 5 rings (SSSR count). The lowest BCUT2D eigenvalue weighted by Gasteiger charge is -2.19. The zero-order valence-corrected chi connectivity index (χ0v) is 20.1. The van der Waals surface area contributed by atoms with E-state index in [0.29, 0.717) is 22.2 Å². The molecular formula is C24H27ClN4O3S. The highest BCUT2D eigenvalue weighted by Gasteiger charge is 2.28. The molecule has 1 aromatic heterocycles. The standard InChI is InChI=1S/C24H27ClN4O3S/c1-29-11-10-26-23(29)15-6-7-18(20(12-15)31-16-4-2-3-5-16)19-13-17(32-28-19)14-27-24(30)21-8-9-22(25)33-21/h6-9,12,16-17H,2-5,10-11,13-14H2,1H3,(H,27,30). The minimum Gasteiger partial charge on any atom is -0.490 e. The van der Waals surface area contributed by atoms with Crippen molar-refractivity contribution < 1.29 is 14.4 Å². The number of carbonyl (C=O) groups excluding carboxylic acids is 1. The van der Waals surface area contributed by atoms with Crippen molar-refractivity contribution in [1.82, 2.24) is 10.2 Å². The first-order valence-corrected chi connectivity index (χ1v) is 12.6. The monoisotopic (exact) mass is 486 g/mol. The molecule has 174 valence electrons. The van der Waals surface area contributed by atoms with Crippen molar-refractivity contribution >= 4 is 40.4 Å². The second kappa shape index (κ2) is 9.73. The van der Waals surface area contributed by atoms with Gasteiger partial charge in [-0.25, -0.2) is 0 Å². The van der Waals surface area contributed by atoms with Gasteiger partial charge in [0.2, 0.25) is 0 Å². The molecule has 9 heteroatoms. The molecule has 0 bridgehead atoms. The Morgan fingerprint density at radius 3 is 2.88 bits per heavy atom. The fourth-order valence-corrected chi connectivity index (χ4v) is 5.41. The number of likely N-dealkylation sites (N-methyl/N-ethyl adjacent to an activating group) is 1. The minimum atomic E-state index is -0.219. The van der Waals surface area contributed by atoms with Crippen molar-refractivity contribution in [3.8, 4) is 5.75 Å². The number of amidine groups is 1. The van der Waals surface area contributed by atoms with Crippen molar-refractivity contribution in [2.75, 3.05) is 26.7 Å². The van der Waals surface area contributed by atoms with Crippen LogP contribution in [0.1, 0.15) is 52.9 Å². The van der Waals surface area contributed by atoms with Gasteiger partial charge in [-0.1, -0.05) is 22.8 Å². The Kier molecular flexibility index (Phi) is 6.55. The maximum Gasteiger partial charge on any atom is 0.261 e. The summed E-state index contributed by atoms with van der Waals surface area (Å²) in [6.45, 7) is 2.12. The second-order valence-corrected chi connectivity index (χ2v) is 10.4. The second-order valence-electron chi connectivity index (χ2n) is 8.65. The maximum atomic E-state index is 12.3. The van der Waals surface area contributed by atoms with Gasteiger partial charge in [-0.05, 0) is 49.9 Å². The van der Waals surface area contributed by atoms with Crippen LogP contribution >= 0.6 is 22.9 Å². The molecule has 33 heavy (non-hydrogen) atoms. The van der Waals surface area contributed by atoms with E-state index in [0.717, 1.165) is 54.4 Å². The molecule has 0 spiro atoms. The molecule has 2 aromatic rings. The van der Waals surface area contributed by atoms with E-state index in [1.807, 2.05) is 0 Å². The number of aliphatic imine (C=N–C) groups is 1. The molecule has 1 aliphatic carbocycles. The molecule has 1 fully saturated rings. The molecule has 1 saturated carbocycles. The predicted molar refractivity (Wildman–Crippen MR) is 131 cm³/mol. The fraction of sp³-hybridized carbons (Fsp3) is 0.458. The normalized spacial score (nSPS) is 20.5. The van der Waals surface area contributed by atoms with Gasteiger partial charge < -0.3 is 19.8 Å². The number of nitrogens with zero attached hydrogens (tertiary/aromatic N) is 3. The van der Waals surface area contributed by atoms with E-state index in [-0.39, 0.29) is 18.1 Å². The SMILES string of the molecule is CN1CCN=C1c1ccc(C2=NOC(CNC(=O)c3ccc(Cl)s3)C2)c(OC2CCCC2)c1. The van der Waals surface area contributed by atoms with E-state index in [9.17, 15) is 4.79 Å². The highest BCUT2D eigenvalue weighted by Crippen LogP contribution is 2.31. The van der Waals surface area contributed by atoms with Gasteiger partial charge in [-0.2, -0.15) is 0 Å². The molecular weight excluding hydrogens is 460 g/mol. The van der Waals surface area contributed by atoms with E-state index < -0.39 is 0 Å². The van der Waals surface area contributed by atoms with Crippen LogP contribution in [-0.2, 0) is 4.84 Å². The topological polar surface area (TPSA) is 75.5 Å². The number of hydrogen-bond acceptors (Lipinski definition) is 7. The fourth-order valence-electron chi connectivity index (χ4n) is 4.45. The Bertz CT molecular complexity index is 1090. The number of amides is 1. The first-order valence-electron chi connectivity index (χ1n) is 11.4. The first kappa shape index (κ1) is 22.2. The molecule has 7 nitrogen and oxygen atoms in total. The van der Waals surface area contributed by atoms with Gasteiger partial charge >= 0.3 is 0 Å². The van der Waals surface area contributed by atoms with Crippen LogP contribution < -0.4 is 10.1 Å². The van der Waals surface area contributed by atoms with Crippen LogP contribution in [0.4, 0.5) is 0 Å². The summed E-state index contributed by atoms with van der Waals surface area (Å²) < 4.78 is 7.05. The lowest BCUT2D eigenvalue weighted by molar-refractivity contribution is 0.0755. The van der Waals surface area contributed by atoms with Crippen molar-refractivity contribution in [3.63, 3.8) is 0 Å². The molecule has 3 heterocycles. The van der Waals surface area contributed by atoms with Crippen LogP contribution in [-0.4, -0.2) is 61.2 Å². The van der Waals surface area contributed by atoms with Gasteiger partial charge in [0.05, 0.1) is 34.1 Å². The third kappa shape index (κ3) is 5.01. The van der Waals surface area contributed by atoms with Crippen molar-refractivity contribution in [2.45, 2.75) is 44.3 Å². The number of carbonyl (C=O) groups is 1.